The molecule has 1 amide bonds. The molecule has 0 unspecified atom stereocenters. The van der Waals surface area contributed by atoms with E-state index in [1.54, 1.807) is 0 Å². The molecular formula is C21H18ClF5N2O6S2. The number of fused-ring (bicyclic) bond motifs is 3. The quantitative estimate of drug-likeness (QED) is 0.538. The summed E-state index contributed by atoms with van der Waals surface area (Å²) in [5, 5.41) is 0.190. The maximum atomic E-state index is 15.3. The van der Waals surface area contributed by atoms with Crippen molar-refractivity contribution in [1.82, 2.24) is 9.62 Å². The number of sulfonamides is 1. The molecule has 2 aliphatic heterocycles. The molecule has 0 bridgehead atoms. The zero-order valence-electron chi connectivity index (χ0n) is 18.6. The van der Waals surface area contributed by atoms with Crippen LogP contribution in [0.2, 0.25) is 5.02 Å². The number of benzene rings is 2. The first-order valence-corrected chi connectivity index (χ1v) is 13.9. The monoisotopic (exact) mass is 588 g/mol. The van der Waals surface area contributed by atoms with Gasteiger partial charge >= 0.3 is 15.5 Å². The maximum Gasteiger partial charge on any atom is 0.511 e. The molecule has 2 aromatic rings. The van der Waals surface area contributed by atoms with E-state index >= 15 is 4.39 Å². The average Bonchev–Trinajstić information content (AvgIpc) is 2.83. The SMILES string of the molecule is O=C(CNS(=O)(=O)C(F)(F)F)N1CCC[C@]2(S(=O)(=O)c3ccc(Cl)cc3)c3c(F)ccc(F)c3OC[C@H]12. The number of piperidine rings is 1. The molecule has 0 spiro atoms. The Morgan fingerprint density at radius 1 is 1.08 bits per heavy atom. The van der Waals surface area contributed by atoms with E-state index in [2.05, 4.69) is 0 Å². The molecule has 4 rings (SSSR count). The lowest BCUT2D eigenvalue weighted by molar-refractivity contribution is -0.136. The Morgan fingerprint density at radius 3 is 2.32 bits per heavy atom. The van der Waals surface area contributed by atoms with Crippen molar-refractivity contribution in [2.24, 2.45) is 0 Å². The third-order valence-electron chi connectivity index (χ3n) is 6.37. The largest absolute Gasteiger partial charge is 0.511 e. The molecule has 1 saturated heterocycles. The van der Waals surface area contributed by atoms with Crippen molar-refractivity contribution in [2.75, 3.05) is 19.7 Å². The first kappa shape index (κ1) is 27.5. The third kappa shape index (κ3) is 4.45. The predicted octanol–water partition coefficient (Wildman–Crippen LogP) is 3.11. The second-order valence-corrected chi connectivity index (χ2v) is 12.8. The van der Waals surface area contributed by atoms with E-state index in [0.717, 1.165) is 27.8 Å². The summed E-state index contributed by atoms with van der Waals surface area (Å²) in [6, 6.07) is 4.74. The molecule has 2 atom stereocenters. The van der Waals surface area contributed by atoms with Gasteiger partial charge < -0.3 is 9.64 Å². The molecule has 2 aromatic carbocycles. The second-order valence-electron chi connectivity index (χ2n) is 8.37. The minimum absolute atomic E-state index is 0.0868. The van der Waals surface area contributed by atoms with E-state index in [1.165, 1.54) is 12.1 Å². The summed E-state index contributed by atoms with van der Waals surface area (Å²) in [6.07, 6.45) is -0.381. The minimum Gasteiger partial charge on any atom is -0.488 e. The summed E-state index contributed by atoms with van der Waals surface area (Å²) in [4.78, 5) is 13.4. The van der Waals surface area contributed by atoms with Crippen molar-refractivity contribution in [3.8, 4) is 5.75 Å². The molecule has 0 aliphatic carbocycles. The fourth-order valence-corrected chi connectivity index (χ4v) is 7.69. The highest BCUT2D eigenvalue weighted by atomic mass is 35.5. The molecule has 16 heteroatoms. The summed E-state index contributed by atoms with van der Waals surface area (Å²) in [5.41, 5.74) is -6.35. The molecule has 8 nitrogen and oxygen atoms in total. The van der Waals surface area contributed by atoms with Crippen LogP contribution in [0.1, 0.15) is 18.4 Å². The van der Waals surface area contributed by atoms with Crippen LogP contribution in [0.15, 0.2) is 41.3 Å². The number of sulfone groups is 1. The number of ether oxygens (including phenoxy) is 1. The number of hydrogen-bond acceptors (Lipinski definition) is 6. The zero-order chi connectivity index (χ0) is 27.4. The van der Waals surface area contributed by atoms with Gasteiger partial charge in [-0.1, -0.05) is 11.6 Å². The van der Waals surface area contributed by atoms with E-state index < -0.39 is 78.2 Å². The number of halogens is 6. The van der Waals surface area contributed by atoms with Gasteiger partial charge in [-0.15, -0.1) is 0 Å². The summed E-state index contributed by atoms with van der Waals surface area (Å²) >= 11 is 5.87. The van der Waals surface area contributed by atoms with Gasteiger partial charge in [-0.3, -0.25) is 4.79 Å². The van der Waals surface area contributed by atoms with Crippen molar-refractivity contribution >= 4 is 37.4 Å². The highest BCUT2D eigenvalue weighted by molar-refractivity contribution is 7.92. The van der Waals surface area contributed by atoms with Crippen LogP contribution in [0.5, 0.6) is 5.75 Å². The molecule has 2 heterocycles. The lowest BCUT2D eigenvalue weighted by Gasteiger charge is -2.51. The molecule has 0 saturated carbocycles. The average molecular weight is 589 g/mol. The van der Waals surface area contributed by atoms with Crippen LogP contribution in [-0.2, 0) is 29.4 Å². The minimum atomic E-state index is -5.88. The molecule has 0 aromatic heterocycles. The number of rotatable bonds is 5. The van der Waals surface area contributed by atoms with Crippen LogP contribution in [0.25, 0.3) is 0 Å². The first-order valence-electron chi connectivity index (χ1n) is 10.6. The van der Waals surface area contributed by atoms with E-state index in [9.17, 15) is 39.2 Å². The molecule has 202 valence electrons. The topological polar surface area (TPSA) is 110 Å². The van der Waals surface area contributed by atoms with Gasteiger partial charge in [0.2, 0.25) is 5.91 Å². The van der Waals surface area contributed by atoms with E-state index in [1.807, 2.05) is 0 Å². The lowest BCUT2D eigenvalue weighted by Crippen LogP contribution is -2.65. The Bertz CT molecular complexity index is 1450. The van der Waals surface area contributed by atoms with Crippen molar-refractivity contribution in [1.29, 1.82) is 0 Å². The Hall–Kier alpha value is -2.49. The number of carbonyl (C=O) groups excluding carboxylic acids is 1. The second kappa shape index (κ2) is 9.36. The van der Waals surface area contributed by atoms with Gasteiger partial charge in [-0.05, 0) is 49.2 Å². The highest BCUT2D eigenvalue weighted by Crippen LogP contribution is 2.53. The molecule has 2 aliphatic rings. The van der Waals surface area contributed by atoms with Crippen molar-refractivity contribution < 1.29 is 48.3 Å². The number of likely N-dealkylation sites (tertiary alicyclic amines) is 1. The summed E-state index contributed by atoms with van der Waals surface area (Å²) in [5.74, 6) is -4.06. The van der Waals surface area contributed by atoms with E-state index in [-0.39, 0.29) is 29.3 Å². The van der Waals surface area contributed by atoms with Crippen LogP contribution < -0.4 is 9.46 Å². The van der Waals surface area contributed by atoms with Crippen LogP contribution >= 0.6 is 11.6 Å². The third-order valence-corrected chi connectivity index (χ3v) is 10.3. The summed E-state index contributed by atoms with van der Waals surface area (Å²) < 4.78 is 123. The fraction of sp³-hybridized carbons (Fsp3) is 0.381. The van der Waals surface area contributed by atoms with E-state index in [4.69, 9.17) is 16.3 Å². The smallest absolute Gasteiger partial charge is 0.488 e. The van der Waals surface area contributed by atoms with Gasteiger partial charge in [0.05, 0.1) is 23.0 Å². The van der Waals surface area contributed by atoms with Crippen LogP contribution in [0.4, 0.5) is 22.0 Å². The summed E-state index contributed by atoms with van der Waals surface area (Å²) in [6.45, 7) is -2.21. The molecule has 0 radical (unpaired) electrons. The van der Waals surface area contributed by atoms with E-state index in [0.29, 0.717) is 6.07 Å². The molecule has 37 heavy (non-hydrogen) atoms. The van der Waals surface area contributed by atoms with Gasteiger partial charge in [-0.25, -0.2) is 25.6 Å². The molecule has 1 fully saturated rings. The maximum absolute atomic E-state index is 15.3. The van der Waals surface area contributed by atoms with Gasteiger partial charge in [0, 0.05) is 11.6 Å². The van der Waals surface area contributed by atoms with Gasteiger partial charge in [0.15, 0.2) is 21.4 Å². The first-order chi connectivity index (χ1) is 17.1. The number of alkyl halides is 3. The Balaban J connectivity index is 1.85. The van der Waals surface area contributed by atoms with Crippen LogP contribution in [-0.4, -0.2) is 58.9 Å². The number of amides is 1. The fourth-order valence-electron chi connectivity index (χ4n) is 4.74. The number of carbonyl (C=O) groups is 1. The zero-order valence-corrected chi connectivity index (χ0v) is 20.9. The summed E-state index contributed by atoms with van der Waals surface area (Å²) in [7, 11) is -10.5. The Labute approximate surface area is 213 Å². The predicted molar refractivity (Wildman–Crippen MR) is 120 cm³/mol. The van der Waals surface area contributed by atoms with Crippen LogP contribution in [0, 0.1) is 11.6 Å². The highest BCUT2D eigenvalue weighted by Gasteiger charge is 2.61. The normalized spacial score (nSPS) is 22.1. The molecular weight excluding hydrogens is 571 g/mol. The van der Waals surface area contributed by atoms with Crippen molar-refractivity contribution in [3.05, 3.63) is 58.6 Å². The van der Waals surface area contributed by atoms with Gasteiger partial charge in [0.1, 0.15) is 17.2 Å². The van der Waals surface area contributed by atoms with Crippen molar-refractivity contribution in [2.45, 2.75) is 34.0 Å². The Kier molecular flexibility index (Phi) is 6.97. The van der Waals surface area contributed by atoms with Crippen LogP contribution in [0.3, 0.4) is 0 Å². The van der Waals surface area contributed by atoms with Gasteiger partial charge in [-0.2, -0.15) is 17.9 Å². The van der Waals surface area contributed by atoms with Crippen molar-refractivity contribution in [3.63, 3.8) is 0 Å². The van der Waals surface area contributed by atoms with Gasteiger partial charge in [0.25, 0.3) is 0 Å². The number of nitrogens with one attached hydrogen (secondary N) is 1. The number of hydrogen-bond donors (Lipinski definition) is 1. The Morgan fingerprint density at radius 2 is 1.70 bits per heavy atom. The lowest BCUT2D eigenvalue weighted by atomic mass is 9.80. The number of nitrogens with zero attached hydrogens (tertiary/aromatic N) is 1. The standard InChI is InChI=1S/C21H18ClF5N2O6S2/c22-12-2-4-13(5-3-12)36(31,32)20-8-1-9-29(17(30)10-28-37(33,34)21(25,26)27)16(20)11-35-19-15(24)7-6-14(23)18(19)20/h2-7,16,28H,1,8-11H2/t16-,20+/m0/s1. The molecule has 1 N–H and O–H groups in total.